The third-order valence-corrected chi connectivity index (χ3v) is 6.28. The van der Waals surface area contributed by atoms with Crippen LogP contribution < -0.4 is 5.43 Å². The summed E-state index contributed by atoms with van der Waals surface area (Å²) in [4.78, 5) is 12.2. The van der Waals surface area contributed by atoms with Gasteiger partial charge in [-0.2, -0.15) is 10.2 Å². The van der Waals surface area contributed by atoms with Gasteiger partial charge in [-0.05, 0) is 42.8 Å². The van der Waals surface area contributed by atoms with Crippen molar-refractivity contribution >= 4 is 12.1 Å². The number of carbonyl (C=O) groups is 1. The van der Waals surface area contributed by atoms with Crippen LogP contribution in [0.4, 0.5) is 4.39 Å². The van der Waals surface area contributed by atoms with Crippen LogP contribution in [0.2, 0.25) is 0 Å². The fourth-order valence-electron chi connectivity index (χ4n) is 4.21. The number of benzene rings is 2. The lowest BCUT2D eigenvalue weighted by atomic mass is 10.1. The number of amides is 1. The molecule has 1 amide bonds. The van der Waals surface area contributed by atoms with Crippen LogP contribution in [0.5, 0.6) is 0 Å². The minimum Gasteiger partial charge on any atom is -0.273 e. The molecule has 3 rings (SSSR count). The Kier molecular flexibility index (Phi) is 11.9. The van der Waals surface area contributed by atoms with E-state index in [0.717, 1.165) is 29.7 Å². The van der Waals surface area contributed by atoms with Crippen molar-refractivity contribution in [1.82, 2.24) is 15.2 Å². The monoisotopic (exact) mass is 490 g/mol. The van der Waals surface area contributed by atoms with Crippen LogP contribution in [0.1, 0.15) is 89.5 Å². The first kappa shape index (κ1) is 27.3. The van der Waals surface area contributed by atoms with E-state index in [-0.39, 0.29) is 11.7 Å². The second kappa shape index (κ2) is 15.7. The summed E-state index contributed by atoms with van der Waals surface area (Å²) in [6.45, 7) is 2.25. The van der Waals surface area contributed by atoms with E-state index in [9.17, 15) is 9.18 Å². The van der Waals surface area contributed by atoms with Crippen LogP contribution >= 0.6 is 0 Å². The molecular formula is C30H39FN4O. The summed E-state index contributed by atoms with van der Waals surface area (Å²) in [5, 5.41) is 8.85. The molecule has 0 atom stereocenters. The highest BCUT2D eigenvalue weighted by molar-refractivity contribution is 5.89. The van der Waals surface area contributed by atoms with Gasteiger partial charge in [-0.1, -0.05) is 89.3 Å². The molecule has 1 aromatic heterocycles. The molecule has 0 saturated carbocycles. The SMILES string of the molecule is CCCCCCCCCCCCCC(=O)N/N=C/c1cn(-c2ccccc2)nc1-c1ccc(F)cc1. The second-order valence-electron chi connectivity index (χ2n) is 9.30. The first-order valence-corrected chi connectivity index (χ1v) is 13.4. The molecule has 0 radical (unpaired) electrons. The van der Waals surface area contributed by atoms with E-state index in [1.165, 1.54) is 69.9 Å². The summed E-state index contributed by atoms with van der Waals surface area (Å²) < 4.78 is 15.2. The van der Waals surface area contributed by atoms with Gasteiger partial charge in [0.2, 0.25) is 5.91 Å². The fraction of sp³-hybridized carbons (Fsp3) is 0.433. The topological polar surface area (TPSA) is 59.3 Å². The molecule has 0 fully saturated rings. The Morgan fingerprint density at radius 2 is 1.50 bits per heavy atom. The number of para-hydroxylation sites is 1. The third kappa shape index (κ3) is 9.40. The van der Waals surface area contributed by atoms with Gasteiger partial charge in [-0.3, -0.25) is 4.79 Å². The minimum atomic E-state index is -0.300. The minimum absolute atomic E-state index is 0.0824. The molecular weight excluding hydrogens is 451 g/mol. The number of unbranched alkanes of at least 4 members (excludes halogenated alkanes) is 10. The van der Waals surface area contributed by atoms with Crippen LogP contribution in [0.15, 0.2) is 65.9 Å². The lowest BCUT2D eigenvalue weighted by Crippen LogP contribution is -2.16. The Labute approximate surface area is 214 Å². The van der Waals surface area contributed by atoms with Crippen molar-refractivity contribution in [3.05, 3.63) is 72.2 Å². The summed E-state index contributed by atoms with van der Waals surface area (Å²) in [5.74, 6) is -0.382. The van der Waals surface area contributed by atoms with Gasteiger partial charge in [0.1, 0.15) is 11.5 Å². The predicted octanol–water partition coefficient (Wildman–Crippen LogP) is 7.83. The van der Waals surface area contributed by atoms with Crippen molar-refractivity contribution in [2.24, 2.45) is 5.10 Å². The molecule has 192 valence electrons. The van der Waals surface area contributed by atoms with E-state index < -0.39 is 0 Å². The Hall–Kier alpha value is -3.28. The lowest BCUT2D eigenvalue weighted by Gasteiger charge is -2.03. The number of hydrazone groups is 1. The number of hydrogen-bond acceptors (Lipinski definition) is 3. The molecule has 0 aliphatic rings. The zero-order valence-electron chi connectivity index (χ0n) is 21.5. The van der Waals surface area contributed by atoms with Gasteiger partial charge in [0.15, 0.2) is 0 Å². The Morgan fingerprint density at radius 1 is 0.889 bits per heavy atom. The molecule has 36 heavy (non-hydrogen) atoms. The van der Waals surface area contributed by atoms with Crippen molar-refractivity contribution in [2.75, 3.05) is 0 Å². The van der Waals surface area contributed by atoms with Gasteiger partial charge in [0, 0.05) is 23.7 Å². The zero-order valence-corrected chi connectivity index (χ0v) is 21.5. The third-order valence-electron chi connectivity index (χ3n) is 6.28. The Morgan fingerprint density at radius 3 is 2.14 bits per heavy atom. The molecule has 5 nitrogen and oxygen atoms in total. The predicted molar refractivity (Wildman–Crippen MR) is 146 cm³/mol. The maximum atomic E-state index is 13.4. The van der Waals surface area contributed by atoms with Gasteiger partial charge >= 0.3 is 0 Å². The summed E-state index contributed by atoms with van der Waals surface area (Å²) in [6, 6.07) is 15.9. The van der Waals surface area contributed by atoms with Crippen molar-refractivity contribution in [1.29, 1.82) is 0 Å². The summed E-state index contributed by atoms with van der Waals surface area (Å²) in [5.41, 5.74) is 5.72. The smallest absolute Gasteiger partial charge is 0.240 e. The van der Waals surface area contributed by atoms with E-state index in [1.807, 2.05) is 36.5 Å². The lowest BCUT2D eigenvalue weighted by molar-refractivity contribution is -0.121. The van der Waals surface area contributed by atoms with Crippen LogP contribution in [0, 0.1) is 5.82 Å². The van der Waals surface area contributed by atoms with Crippen molar-refractivity contribution in [3.63, 3.8) is 0 Å². The van der Waals surface area contributed by atoms with Gasteiger partial charge in [0.25, 0.3) is 0 Å². The standard InChI is InChI=1S/C30H39FN4O/c1-2-3-4-5-6-7-8-9-10-11-15-18-29(36)33-32-23-26-24-35(28-16-13-12-14-17-28)34-30(26)25-19-21-27(31)22-20-25/h12-14,16-17,19-24H,2-11,15,18H2,1H3,(H,33,36)/b32-23+. The first-order valence-electron chi connectivity index (χ1n) is 13.4. The molecule has 0 aliphatic carbocycles. The summed E-state index contributed by atoms with van der Waals surface area (Å²) in [6.07, 6.45) is 17.7. The van der Waals surface area contributed by atoms with Crippen molar-refractivity contribution in [3.8, 4) is 16.9 Å². The Balaban J connectivity index is 1.44. The van der Waals surface area contributed by atoms with E-state index >= 15 is 0 Å². The zero-order chi connectivity index (χ0) is 25.4. The van der Waals surface area contributed by atoms with E-state index in [4.69, 9.17) is 0 Å². The average molecular weight is 491 g/mol. The molecule has 0 spiro atoms. The van der Waals surface area contributed by atoms with Gasteiger partial charge in [-0.25, -0.2) is 14.5 Å². The van der Waals surface area contributed by atoms with E-state index in [2.05, 4.69) is 22.5 Å². The molecule has 3 aromatic rings. The normalized spacial score (nSPS) is 11.3. The maximum Gasteiger partial charge on any atom is 0.240 e. The highest BCUT2D eigenvalue weighted by Gasteiger charge is 2.11. The molecule has 6 heteroatoms. The van der Waals surface area contributed by atoms with E-state index in [1.54, 1.807) is 23.0 Å². The number of rotatable bonds is 16. The number of nitrogens with zero attached hydrogens (tertiary/aromatic N) is 3. The second-order valence-corrected chi connectivity index (χ2v) is 9.30. The number of halogens is 1. The van der Waals surface area contributed by atoms with E-state index in [0.29, 0.717) is 12.1 Å². The first-order chi connectivity index (χ1) is 17.7. The fourth-order valence-corrected chi connectivity index (χ4v) is 4.21. The quantitative estimate of drug-likeness (QED) is 0.126. The highest BCUT2D eigenvalue weighted by atomic mass is 19.1. The summed E-state index contributed by atoms with van der Waals surface area (Å²) in [7, 11) is 0. The number of aromatic nitrogens is 2. The molecule has 2 aromatic carbocycles. The largest absolute Gasteiger partial charge is 0.273 e. The van der Waals surface area contributed by atoms with Gasteiger partial charge in [-0.15, -0.1) is 0 Å². The van der Waals surface area contributed by atoms with Crippen LogP contribution in [0.3, 0.4) is 0 Å². The average Bonchev–Trinajstić information content (AvgIpc) is 3.32. The maximum absolute atomic E-state index is 13.4. The number of carbonyl (C=O) groups excluding carboxylic acids is 1. The van der Waals surface area contributed by atoms with Crippen LogP contribution in [-0.2, 0) is 4.79 Å². The highest BCUT2D eigenvalue weighted by Crippen LogP contribution is 2.23. The molecule has 0 unspecified atom stereocenters. The van der Waals surface area contributed by atoms with Crippen molar-refractivity contribution < 1.29 is 9.18 Å². The number of nitrogens with one attached hydrogen (secondary N) is 1. The van der Waals surface area contributed by atoms with Gasteiger partial charge < -0.3 is 0 Å². The molecule has 1 N–H and O–H groups in total. The molecule has 0 aliphatic heterocycles. The van der Waals surface area contributed by atoms with Crippen molar-refractivity contribution in [2.45, 2.75) is 84.0 Å². The van der Waals surface area contributed by atoms with Crippen LogP contribution in [0.25, 0.3) is 16.9 Å². The summed E-state index contributed by atoms with van der Waals surface area (Å²) >= 11 is 0. The molecule has 0 bridgehead atoms. The Bertz CT molecular complexity index is 1060. The van der Waals surface area contributed by atoms with Gasteiger partial charge in [0.05, 0.1) is 11.9 Å². The number of hydrogen-bond donors (Lipinski definition) is 1. The molecule has 0 saturated heterocycles. The molecule has 1 heterocycles. The van der Waals surface area contributed by atoms with Crippen LogP contribution in [-0.4, -0.2) is 21.9 Å².